The Morgan fingerprint density at radius 2 is 1.95 bits per heavy atom. The molecule has 2 aromatic carbocycles. The van der Waals surface area contributed by atoms with Gasteiger partial charge in [-0.1, -0.05) is 28.9 Å². The van der Waals surface area contributed by atoms with Crippen molar-refractivity contribution < 1.29 is 9.13 Å². The average molecular weight is 352 g/mol. The predicted octanol–water partition coefficient (Wildman–Crippen LogP) is 5.36. The molecule has 0 aromatic heterocycles. The molecule has 2 rings (SSSR count). The normalized spacial score (nSPS) is 12.2. The van der Waals surface area contributed by atoms with E-state index in [1.54, 1.807) is 6.07 Å². The van der Waals surface area contributed by atoms with E-state index < -0.39 is 0 Å². The first kappa shape index (κ1) is 16.0. The molecule has 21 heavy (non-hydrogen) atoms. The lowest BCUT2D eigenvalue weighted by Gasteiger charge is -2.18. The van der Waals surface area contributed by atoms with Crippen LogP contribution in [0.25, 0.3) is 0 Å². The minimum Gasteiger partial charge on any atom is -0.457 e. The van der Waals surface area contributed by atoms with Crippen LogP contribution in [-0.2, 0) is 0 Å². The number of benzene rings is 2. The summed E-state index contributed by atoms with van der Waals surface area (Å²) in [6, 6.07) is 10.7. The molecule has 0 bridgehead atoms. The first-order chi connectivity index (χ1) is 10.0. The Bertz CT molecular complexity index is 630. The highest BCUT2D eigenvalue weighted by Crippen LogP contribution is 2.33. The van der Waals surface area contributed by atoms with Crippen molar-refractivity contribution in [3.63, 3.8) is 0 Å². The van der Waals surface area contributed by atoms with Crippen LogP contribution in [0.1, 0.15) is 31.0 Å². The summed E-state index contributed by atoms with van der Waals surface area (Å²) in [6.45, 7) is 6.88. The van der Waals surface area contributed by atoms with Crippen LogP contribution < -0.4 is 10.1 Å². The monoisotopic (exact) mass is 351 g/mol. The zero-order valence-electron chi connectivity index (χ0n) is 12.4. The molecule has 0 radical (unpaired) electrons. The van der Waals surface area contributed by atoms with Crippen molar-refractivity contribution in [2.24, 2.45) is 0 Å². The van der Waals surface area contributed by atoms with Crippen LogP contribution in [0.5, 0.6) is 11.5 Å². The maximum absolute atomic E-state index is 13.2. The fourth-order valence-corrected chi connectivity index (χ4v) is 2.56. The quantitative estimate of drug-likeness (QED) is 0.782. The lowest BCUT2D eigenvalue weighted by Crippen LogP contribution is -2.18. The highest BCUT2D eigenvalue weighted by Gasteiger charge is 2.13. The molecule has 0 fully saturated rings. The molecule has 1 atom stereocenters. The second-order valence-corrected chi connectivity index (χ2v) is 5.89. The minimum absolute atomic E-state index is 0.179. The Kier molecular flexibility index (Phi) is 5.37. The van der Waals surface area contributed by atoms with E-state index in [0.717, 1.165) is 27.9 Å². The number of halogens is 2. The lowest BCUT2D eigenvalue weighted by atomic mass is 10.1. The molecule has 0 heterocycles. The molecule has 2 aromatic rings. The van der Waals surface area contributed by atoms with E-state index in [9.17, 15) is 4.39 Å². The Hall–Kier alpha value is -1.39. The fourth-order valence-electron chi connectivity index (χ4n) is 2.22. The number of hydrogen-bond acceptors (Lipinski definition) is 2. The Morgan fingerprint density at radius 3 is 2.62 bits per heavy atom. The van der Waals surface area contributed by atoms with E-state index in [4.69, 9.17) is 4.74 Å². The zero-order valence-corrected chi connectivity index (χ0v) is 14.0. The van der Waals surface area contributed by atoms with E-state index in [-0.39, 0.29) is 11.9 Å². The topological polar surface area (TPSA) is 21.3 Å². The molecule has 0 aliphatic heterocycles. The number of hydrogen-bond donors (Lipinski definition) is 1. The summed E-state index contributed by atoms with van der Waals surface area (Å²) in [4.78, 5) is 0. The van der Waals surface area contributed by atoms with Crippen LogP contribution in [0, 0.1) is 12.7 Å². The van der Waals surface area contributed by atoms with Gasteiger partial charge in [0.25, 0.3) is 0 Å². The summed E-state index contributed by atoms with van der Waals surface area (Å²) in [5.74, 6) is 1.18. The van der Waals surface area contributed by atoms with Gasteiger partial charge in [0.1, 0.15) is 17.3 Å². The second kappa shape index (κ2) is 7.05. The summed E-state index contributed by atoms with van der Waals surface area (Å²) < 4.78 is 20.1. The van der Waals surface area contributed by atoms with Gasteiger partial charge in [0.15, 0.2) is 0 Å². The van der Waals surface area contributed by atoms with Crippen LogP contribution in [0.4, 0.5) is 4.39 Å². The van der Waals surface area contributed by atoms with Crippen molar-refractivity contribution in [2.75, 3.05) is 6.54 Å². The van der Waals surface area contributed by atoms with E-state index in [1.165, 1.54) is 12.1 Å². The van der Waals surface area contributed by atoms with Crippen LogP contribution in [0.15, 0.2) is 40.9 Å². The second-order valence-electron chi connectivity index (χ2n) is 4.97. The zero-order chi connectivity index (χ0) is 15.4. The van der Waals surface area contributed by atoms with Crippen LogP contribution in [-0.4, -0.2) is 6.54 Å². The van der Waals surface area contributed by atoms with Crippen molar-refractivity contribution in [1.29, 1.82) is 0 Å². The predicted molar refractivity (Wildman–Crippen MR) is 87.4 cm³/mol. The summed E-state index contributed by atoms with van der Waals surface area (Å²) in [5, 5.41) is 3.38. The molecule has 0 amide bonds. The van der Waals surface area contributed by atoms with E-state index in [1.807, 2.05) is 25.1 Å². The molecule has 1 N–H and O–H groups in total. The highest BCUT2D eigenvalue weighted by atomic mass is 79.9. The number of nitrogens with one attached hydrogen (secondary N) is 1. The van der Waals surface area contributed by atoms with Gasteiger partial charge in [-0.3, -0.25) is 0 Å². The fraction of sp³-hybridized carbons (Fsp3) is 0.294. The Balaban J connectivity index is 2.35. The molecule has 0 saturated carbocycles. The van der Waals surface area contributed by atoms with Gasteiger partial charge in [-0.15, -0.1) is 0 Å². The Labute approximate surface area is 133 Å². The first-order valence-electron chi connectivity index (χ1n) is 6.98. The maximum atomic E-state index is 13.2. The molecule has 0 aliphatic rings. The molecule has 0 saturated heterocycles. The van der Waals surface area contributed by atoms with Crippen molar-refractivity contribution in [2.45, 2.75) is 26.8 Å². The van der Waals surface area contributed by atoms with Gasteiger partial charge < -0.3 is 10.1 Å². The third kappa shape index (κ3) is 4.05. The van der Waals surface area contributed by atoms with E-state index in [0.29, 0.717) is 5.75 Å². The van der Waals surface area contributed by atoms with Gasteiger partial charge in [-0.2, -0.15) is 0 Å². The largest absolute Gasteiger partial charge is 0.457 e. The first-order valence-corrected chi connectivity index (χ1v) is 7.77. The third-order valence-corrected chi connectivity index (χ3v) is 3.80. The van der Waals surface area contributed by atoms with Gasteiger partial charge >= 0.3 is 0 Å². The molecule has 112 valence electrons. The van der Waals surface area contributed by atoms with Crippen molar-refractivity contribution in [1.82, 2.24) is 5.32 Å². The Morgan fingerprint density at radius 1 is 1.19 bits per heavy atom. The molecule has 4 heteroatoms. The van der Waals surface area contributed by atoms with Gasteiger partial charge in [0.2, 0.25) is 0 Å². The molecular formula is C17H19BrFNO. The molecule has 0 spiro atoms. The lowest BCUT2D eigenvalue weighted by molar-refractivity contribution is 0.458. The van der Waals surface area contributed by atoms with Gasteiger partial charge in [-0.25, -0.2) is 4.39 Å². The summed E-state index contributed by atoms with van der Waals surface area (Å²) in [5.41, 5.74) is 1.85. The average Bonchev–Trinajstić information content (AvgIpc) is 2.42. The number of aryl methyl sites for hydroxylation is 1. The maximum Gasteiger partial charge on any atom is 0.133 e. The van der Waals surface area contributed by atoms with Gasteiger partial charge in [0, 0.05) is 16.1 Å². The smallest absolute Gasteiger partial charge is 0.133 e. The molecular weight excluding hydrogens is 333 g/mol. The SMILES string of the molecule is CCNC(C)c1ccc(Br)cc1Oc1ccc(F)cc1C. The summed E-state index contributed by atoms with van der Waals surface area (Å²) in [6.07, 6.45) is 0. The summed E-state index contributed by atoms with van der Waals surface area (Å²) in [7, 11) is 0. The van der Waals surface area contributed by atoms with Gasteiger partial charge in [-0.05, 0) is 56.3 Å². The van der Waals surface area contributed by atoms with Crippen molar-refractivity contribution in [3.8, 4) is 11.5 Å². The highest BCUT2D eigenvalue weighted by molar-refractivity contribution is 9.10. The van der Waals surface area contributed by atoms with Gasteiger partial charge in [0.05, 0.1) is 0 Å². The van der Waals surface area contributed by atoms with Crippen molar-refractivity contribution in [3.05, 3.63) is 57.8 Å². The van der Waals surface area contributed by atoms with Crippen LogP contribution in [0.3, 0.4) is 0 Å². The van der Waals surface area contributed by atoms with E-state index >= 15 is 0 Å². The standard InChI is InChI=1S/C17H19BrFNO/c1-4-20-12(3)15-7-5-13(18)10-17(15)21-16-8-6-14(19)9-11(16)2/h5-10,12,20H,4H2,1-3H3. The number of ether oxygens (including phenoxy) is 1. The van der Waals surface area contributed by atoms with Crippen molar-refractivity contribution >= 4 is 15.9 Å². The van der Waals surface area contributed by atoms with Crippen LogP contribution >= 0.6 is 15.9 Å². The third-order valence-electron chi connectivity index (χ3n) is 3.31. The minimum atomic E-state index is -0.254. The van der Waals surface area contributed by atoms with Crippen LogP contribution in [0.2, 0.25) is 0 Å². The molecule has 1 unspecified atom stereocenters. The molecule has 0 aliphatic carbocycles. The van der Waals surface area contributed by atoms with E-state index in [2.05, 4.69) is 35.1 Å². The molecule has 2 nitrogen and oxygen atoms in total. The number of rotatable bonds is 5. The summed E-state index contributed by atoms with van der Waals surface area (Å²) >= 11 is 3.47.